The lowest BCUT2D eigenvalue weighted by molar-refractivity contribution is -0.129. The van der Waals surface area contributed by atoms with E-state index < -0.39 is 11.1 Å². The third kappa shape index (κ3) is 3.25. The van der Waals surface area contributed by atoms with Crippen molar-refractivity contribution in [1.82, 2.24) is 0 Å². The zero-order chi connectivity index (χ0) is 11.3. The van der Waals surface area contributed by atoms with Crippen LogP contribution < -0.4 is 5.43 Å². The first kappa shape index (κ1) is 11.5. The number of rotatable bonds is 4. The Balaban J connectivity index is 2.81. The number of aryl methyl sites for hydroxylation is 1. The predicted octanol–water partition coefficient (Wildman–Crippen LogP) is 2.30. The van der Waals surface area contributed by atoms with Crippen molar-refractivity contribution in [2.24, 2.45) is 5.10 Å². The summed E-state index contributed by atoms with van der Waals surface area (Å²) in [5.74, 6) is -1.25. The second kappa shape index (κ2) is 5.36. The van der Waals surface area contributed by atoms with Crippen LogP contribution >= 0.6 is 11.6 Å². The third-order valence-electron chi connectivity index (χ3n) is 1.85. The van der Waals surface area contributed by atoms with Gasteiger partial charge in [-0.3, -0.25) is 5.43 Å². The van der Waals surface area contributed by atoms with Gasteiger partial charge in [0, 0.05) is 0 Å². The molecule has 0 heterocycles. The van der Waals surface area contributed by atoms with Crippen LogP contribution in [0.25, 0.3) is 0 Å². The molecule has 0 spiro atoms. The van der Waals surface area contributed by atoms with E-state index in [0.29, 0.717) is 0 Å². The number of aliphatic carboxylic acids is 1. The van der Waals surface area contributed by atoms with Crippen molar-refractivity contribution in [3.05, 3.63) is 29.8 Å². The fourth-order valence-electron chi connectivity index (χ4n) is 1.09. The zero-order valence-electron chi connectivity index (χ0n) is 8.20. The summed E-state index contributed by atoms with van der Waals surface area (Å²) in [7, 11) is 0. The Morgan fingerprint density at radius 3 is 2.80 bits per heavy atom. The summed E-state index contributed by atoms with van der Waals surface area (Å²) in [6.07, 6.45) is 0.837. The van der Waals surface area contributed by atoms with Gasteiger partial charge >= 0.3 is 5.97 Å². The second-order valence-electron chi connectivity index (χ2n) is 2.83. The number of halogens is 1. The number of hydrazone groups is 1. The van der Waals surface area contributed by atoms with Crippen molar-refractivity contribution in [3.63, 3.8) is 0 Å². The number of nitrogens with one attached hydrogen (secondary N) is 1. The normalized spacial score (nSPS) is 11.2. The summed E-state index contributed by atoms with van der Waals surface area (Å²) >= 11 is 5.35. The number of nitrogens with zero attached hydrogens (tertiary/aromatic N) is 1. The summed E-state index contributed by atoms with van der Waals surface area (Å²) in [5.41, 5.74) is 4.44. The monoisotopic (exact) mass is 226 g/mol. The van der Waals surface area contributed by atoms with E-state index in [9.17, 15) is 4.79 Å². The number of anilines is 1. The van der Waals surface area contributed by atoms with Crippen LogP contribution in [0.5, 0.6) is 0 Å². The summed E-state index contributed by atoms with van der Waals surface area (Å²) in [4.78, 5) is 10.4. The van der Waals surface area contributed by atoms with Gasteiger partial charge in [-0.05, 0) is 18.1 Å². The molecule has 0 saturated carbocycles. The average molecular weight is 227 g/mol. The molecule has 1 rings (SSSR count). The van der Waals surface area contributed by atoms with Crippen LogP contribution in [0.3, 0.4) is 0 Å². The van der Waals surface area contributed by atoms with Gasteiger partial charge in [-0.2, -0.15) is 5.10 Å². The fraction of sp³-hybridized carbons (Fsp3) is 0.200. The van der Waals surface area contributed by atoms with E-state index in [4.69, 9.17) is 16.7 Å². The summed E-state index contributed by atoms with van der Waals surface area (Å²) in [6.45, 7) is 2.00. The van der Waals surface area contributed by atoms with Crippen LogP contribution in [0, 0.1) is 0 Å². The molecule has 0 bridgehead atoms. The average Bonchev–Trinajstić information content (AvgIpc) is 2.26. The maximum atomic E-state index is 10.4. The molecule has 1 aromatic carbocycles. The van der Waals surface area contributed by atoms with Crippen LogP contribution in [0.2, 0.25) is 0 Å². The van der Waals surface area contributed by atoms with Crippen LogP contribution in [-0.4, -0.2) is 16.2 Å². The van der Waals surface area contributed by atoms with Crippen molar-refractivity contribution < 1.29 is 9.90 Å². The molecule has 0 atom stereocenters. The Bertz CT molecular complexity index is 391. The molecule has 0 aliphatic heterocycles. The predicted molar refractivity (Wildman–Crippen MR) is 60.4 cm³/mol. The standard InChI is InChI=1S/C10H11ClN2O2/c1-2-7-5-3-4-6-8(7)12-13-9(11)10(14)15/h3-6,12H,2H2,1H3,(H,14,15). The van der Waals surface area contributed by atoms with Crippen molar-refractivity contribution in [2.45, 2.75) is 13.3 Å². The quantitative estimate of drug-likeness (QED) is 0.612. The highest BCUT2D eigenvalue weighted by atomic mass is 35.5. The van der Waals surface area contributed by atoms with Gasteiger partial charge in [0.05, 0.1) is 5.69 Å². The van der Waals surface area contributed by atoms with Gasteiger partial charge in [-0.25, -0.2) is 4.79 Å². The van der Waals surface area contributed by atoms with Crippen molar-refractivity contribution in [1.29, 1.82) is 0 Å². The number of carbonyl (C=O) groups is 1. The van der Waals surface area contributed by atoms with E-state index in [1.165, 1.54) is 0 Å². The molecule has 1 aromatic rings. The summed E-state index contributed by atoms with van der Waals surface area (Å²) < 4.78 is 0. The zero-order valence-corrected chi connectivity index (χ0v) is 8.95. The van der Waals surface area contributed by atoms with E-state index in [-0.39, 0.29) is 0 Å². The molecule has 0 fully saturated rings. The Labute approximate surface area is 92.6 Å². The number of carboxylic acids is 1. The fourth-order valence-corrected chi connectivity index (χ4v) is 1.14. The van der Waals surface area contributed by atoms with Gasteiger partial charge < -0.3 is 5.11 Å². The summed E-state index contributed by atoms with van der Waals surface area (Å²) in [5, 5.41) is 11.5. The maximum absolute atomic E-state index is 10.4. The van der Waals surface area contributed by atoms with Gasteiger partial charge in [0.25, 0.3) is 0 Å². The molecule has 0 aromatic heterocycles. The topological polar surface area (TPSA) is 61.7 Å². The maximum Gasteiger partial charge on any atom is 0.368 e. The van der Waals surface area contributed by atoms with E-state index in [1.807, 2.05) is 31.2 Å². The molecule has 80 valence electrons. The lowest BCUT2D eigenvalue weighted by atomic mass is 10.1. The number of para-hydroxylation sites is 1. The molecule has 5 heteroatoms. The number of hydrogen-bond donors (Lipinski definition) is 2. The minimum atomic E-state index is -1.25. The molecule has 0 saturated heterocycles. The van der Waals surface area contributed by atoms with E-state index in [2.05, 4.69) is 10.5 Å². The Hall–Kier alpha value is -1.55. The highest BCUT2D eigenvalue weighted by Crippen LogP contribution is 2.15. The first-order valence-electron chi connectivity index (χ1n) is 4.45. The number of hydrogen-bond acceptors (Lipinski definition) is 3. The van der Waals surface area contributed by atoms with Crippen LogP contribution in [-0.2, 0) is 11.2 Å². The SMILES string of the molecule is CCc1ccccc1NN=C(Cl)C(=O)O. The van der Waals surface area contributed by atoms with E-state index >= 15 is 0 Å². The second-order valence-corrected chi connectivity index (χ2v) is 3.19. The third-order valence-corrected chi connectivity index (χ3v) is 2.10. The molecule has 15 heavy (non-hydrogen) atoms. The molecule has 0 aliphatic rings. The van der Waals surface area contributed by atoms with Gasteiger partial charge in [-0.15, -0.1) is 0 Å². The minimum absolute atomic E-state index is 0.485. The number of carboxylic acid groups (broad SMARTS) is 1. The van der Waals surface area contributed by atoms with Crippen molar-refractivity contribution in [3.8, 4) is 0 Å². The largest absolute Gasteiger partial charge is 0.476 e. The molecular weight excluding hydrogens is 216 g/mol. The van der Waals surface area contributed by atoms with Gasteiger partial charge in [0.15, 0.2) is 0 Å². The Kier molecular flexibility index (Phi) is 4.12. The molecular formula is C10H11ClN2O2. The van der Waals surface area contributed by atoms with Gasteiger partial charge in [0.2, 0.25) is 5.17 Å². The molecule has 0 aliphatic carbocycles. The first-order valence-corrected chi connectivity index (χ1v) is 4.83. The van der Waals surface area contributed by atoms with E-state index in [1.54, 1.807) is 0 Å². The molecule has 0 radical (unpaired) electrons. The van der Waals surface area contributed by atoms with Gasteiger partial charge in [-0.1, -0.05) is 36.7 Å². The molecule has 0 unspecified atom stereocenters. The van der Waals surface area contributed by atoms with Gasteiger partial charge in [0.1, 0.15) is 0 Å². The summed E-state index contributed by atoms with van der Waals surface area (Å²) in [6, 6.07) is 7.50. The molecule has 2 N–H and O–H groups in total. The highest BCUT2D eigenvalue weighted by Gasteiger charge is 2.04. The van der Waals surface area contributed by atoms with Crippen LogP contribution in [0.4, 0.5) is 5.69 Å². The molecule has 4 nitrogen and oxygen atoms in total. The van der Waals surface area contributed by atoms with E-state index in [0.717, 1.165) is 17.7 Å². The lowest BCUT2D eigenvalue weighted by Gasteiger charge is -2.05. The molecule has 0 amide bonds. The first-order chi connectivity index (χ1) is 7.15. The minimum Gasteiger partial charge on any atom is -0.476 e. The lowest BCUT2D eigenvalue weighted by Crippen LogP contribution is -2.08. The van der Waals surface area contributed by atoms with Crippen molar-refractivity contribution in [2.75, 3.05) is 5.43 Å². The van der Waals surface area contributed by atoms with Crippen molar-refractivity contribution >= 4 is 28.4 Å². The highest BCUT2D eigenvalue weighted by molar-refractivity contribution is 6.81. The van der Waals surface area contributed by atoms with Crippen LogP contribution in [0.15, 0.2) is 29.4 Å². The Morgan fingerprint density at radius 2 is 2.20 bits per heavy atom. The van der Waals surface area contributed by atoms with Crippen LogP contribution in [0.1, 0.15) is 12.5 Å². The smallest absolute Gasteiger partial charge is 0.368 e. The number of benzene rings is 1. The Morgan fingerprint density at radius 1 is 1.53 bits per heavy atom.